The first-order valence-corrected chi connectivity index (χ1v) is 9.10. The van der Waals surface area contributed by atoms with E-state index < -0.39 is 11.9 Å². The lowest BCUT2D eigenvalue weighted by atomic mass is 10.1. The normalized spacial score (nSPS) is 14.3. The fourth-order valence-corrected chi connectivity index (χ4v) is 3.03. The Balaban J connectivity index is 1.74. The molecule has 28 heavy (non-hydrogen) atoms. The zero-order valence-corrected chi connectivity index (χ0v) is 15.6. The molecule has 4 rings (SSSR count). The Kier molecular flexibility index (Phi) is 4.68. The molecule has 144 valence electrons. The minimum absolute atomic E-state index is 0.201. The first-order chi connectivity index (χ1) is 13.6. The molecule has 1 N–H and O–H groups in total. The molecule has 3 heterocycles. The highest BCUT2D eigenvalue weighted by Gasteiger charge is 2.24. The highest BCUT2D eigenvalue weighted by molar-refractivity contribution is 5.96. The standard InChI is InChI=1S/C20H20N4O4/c1-3-28-20(26)16-9-15(22-23-16)14(8-19(25)27-2)17-11-24-10-13(12-4-5-12)6-7-18(24)21-17/h6-12H,3-5H2,1-2H3,(H,22,23). The molecule has 0 saturated heterocycles. The van der Waals surface area contributed by atoms with Crippen molar-refractivity contribution in [2.24, 2.45) is 0 Å². The van der Waals surface area contributed by atoms with Crippen LogP contribution in [0.15, 0.2) is 36.7 Å². The van der Waals surface area contributed by atoms with Crippen LogP contribution in [0.25, 0.3) is 11.2 Å². The summed E-state index contributed by atoms with van der Waals surface area (Å²) in [7, 11) is 1.30. The van der Waals surface area contributed by atoms with Crippen molar-refractivity contribution < 1.29 is 19.1 Å². The van der Waals surface area contributed by atoms with Crippen LogP contribution < -0.4 is 0 Å². The van der Waals surface area contributed by atoms with E-state index in [1.54, 1.807) is 6.92 Å². The average Bonchev–Trinajstić information content (AvgIpc) is 3.27. The Morgan fingerprint density at radius 3 is 2.82 bits per heavy atom. The Morgan fingerprint density at radius 2 is 2.11 bits per heavy atom. The number of esters is 2. The summed E-state index contributed by atoms with van der Waals surface area (Å²) in [6.07, 6.45) is 7.65. The third-order valence-corrected chi connectivity index (χ3v) is 4.61. The zero-order valence-electron chi connectivity index (χ0n) is 15.6. The number of aromatic nitrogens is 4. The zero-order chi connectivity index (χ0) is 19.7. The Hall–Kier alpha value is -3.42. The van der Waals surface area contributed by atoms with Crippen LogP contribution in [0.4, 0.5) is 0 Å². The van der Waals surface area contributed by atoms with Crippen LogP contribution in [0.2, 0.25) is 0 Å². The van der Waals surface area contributed by atoms with Gasteiger partial charge in [0.25, 0.3) is 0 Å². The fourth-order valence-electron chi connectivity index (χ4n) is 3.03. The number of hydrogen-bond donors (Lipinski definition) is 1. The molecule has 3 aromatic heterocycles. The third-order valence-electron chi connectivity index (χ3n) is 4.61. The lowest BCUT2D eigenvalue weighted by molar-refractivity contribution is -0.134. The first kappa shape index (κ1) is 18.0. The monoisotopic (exact) mass is 380 g/mol. The maximum atomic E-state index is 11.9. The summed E-state index contributed by atoms with van der Waals surface area (Å²) in [5.41, 5.74) is 3.65. The van der Waals surface area contributed by atoms with Gasteiger partial charge in [0.15, 0.2) is 0 Å². The van der Waals surface area contributed by atoms with Crippen LogP contribution in [-0.4, -0.2) is 45.2 Å². The summed E-state index contributed by atoms with van der Waals surface area (Å²) in [6, 6.07) is 5.58. The Morgan fingerprint density at radius 1 is 1.29 bits per heavy atom. The van der Waals surface area contributed by atoms with Crippen molar-refractivity contribution in [3.63, 3.8) is 0 Å². The van der Waals surface area contributed by atoms with Crippen LogP contribution >= 0.6 is 0 Å². The molecule has 1 aliphatic rings. The van der Waals surface area contributed by atoms with Gasteiger partial charge in [-0.15, -0.1) is 0 Å². The van der Waals surface area contributed by atoms with Gasteiger partial charge in [-0.25, -0.2) is 14.6 Å². The van der Waals surface area contributed by atoms with Crippen LogP contribution in [0.5, 0.6) is 0 Å². The number of fused-ring (bicyclic) bond motifs is 1. The maximum absolute atomic E-state index is 11.9. The van der Waals surface area contributed by atoms with E-state index in [4.69, 9.17) is 9.47 Å². The van der Waals surface area contributed by atoms with E-state index >= 15 is 0 Å². The molecular formula is C20H20N4O4. The topological polar surface area (TPSA) is 98.6 Å². The van der Waals surface area contributed by atoms with E-state index in [0.717, 1.165) is 5.65 Å². The number of carbonyl (C=O) groups is 2. The summed E-state index contributed by atoms with van der Waals surface area (Å²) in [5, 5.41) is 6.80. The first-order valence-electron chi connectivity index (χ1n) is 9.10. The van der Waals surface area contributed by atoms with Gasteiger partial charge < -0.3 is 13.9 Å². The van der Waals surface area contributed by atoms with Crippen molar-refractivity contribution in [2.45, 2.75) is 25.7 Å². The fraction of sp³-hybridized carbons (Fsp3) is 0.300. The van der Waals surface area contributed by atoms with Crippen LogP contribution in [0.1, 0.15) is 53.1 Å². The largest absolute Gasteiger partial charge is 0.466 e. The highest BCUT2D eigenvalue weighted by atomic mass is 16.5. The summed E-state index contributed by atoms with van der Waals surface area (Å²) in [6.45, 7) is 1.98. The van der Waals surface area contributed by atoms with Gasteiger partial charge in [-0.05, 0) is 43.4 Å². The molecule has 8 nitrogen and oxygen atoms in total. The third kappa shape index (κ3) is 3.53. The van der Waals surface area contributed by atoms with Crippen LogP contribution in [-0.2, 0) is 14.3 Å². The van der Waals surface area contributed by atoms with Gasteiger partial charge in [0.1, 0.15) is 11.3 Å². The molecule has 1 aliphatic carbocycles. The summed E-state index contributed by atoms with van der Waals surface area (Å²) in [5.74, 6) is -0.423. The molecule has 0 unspecified atom stereocenters. The Labute approximate surface area is 161 Å². The van der Waals surface area contributed by atoms with Gasteiger partial charge in [-0.3, -0.25) is 5.10 Å². The van der Waals surface area contributed by atoms with Gasteiger partial charge in [0, 0.05) is 24.0 Å². The number of H-pyrrole nitrogens is 1. The van der Waals surface area contributed by atoms with Crippen molar-refractivity contribution in [1.29, 1.82) is 0 Å². The van der Waals surface area contributed by atoms with Gasteiger partial charge in [-0.1, -0.05) is 6.07 Å². The molecule has 1 fully saturated rings. The quantitative estimate of drug-likeness (QED) is 0.521. The molecule has 3 aromatic rings. The summed E-state index contributed by atoms with van der Waals surface area (Å²) < 4.78 is 11.7. The van der Waals surface area contributed by atoms with E-state index in [-0.39, 0.29) is 12.3 Å². The van der Waals surface area contributed by atoms with E-state index in [1.165, 1.54) is 37.7 Å². The number of rotatable bonds is 6. The van der Waals surface area contributed by atoms with Gasteiger partial charge >= 0.3 is 11.9 Å². The van der Waals surface area contributed by atoms with Crippen molar-refractivity contribution in [3.8, 4) is 0 Å². The minimum Gasteiger partial charge on any atom is -0.466 e. The molecule has 0 radical (unpaired) electrons. The number of aromatic amines is 1. The lowest BCUT2D eigenvalue weighted by Crippen LogP contribution is -2.04. The van der Waals surface area contributed by atoms with Crippen molar-refractivity contribution in [2.75, 3.05) is 13.7 Å². The molecule has 0 spiro atoms. The average molecular weight is 380 g/mol. The lowest BCUT2D eigenvalue weighted by Gasteiger charge is -2.00. The molecule has 0 atom stereocenters. The summed E-state index contributed by atoms with van der Waals surface area (Å²) in [4.78, 5) is 28.4. The smallest absolute Gasteiger partial charge is 0.356 e. The minimum atomic E-state index is -0.536. The van der Waals surface area contributed by atoms with E-state index in [9.17, 15) is 9.59 Å². The second-order valence-corrected chi connectivity index (χ2v) is 6.60. The second-order valence-electron chi connectivity index (χ2n) is 6.60. The number of carbonyl (C=O) groups excluding carboxylic acids is 2. The molecule has 8 heteroatoms. The number of imidazole rings is 1. The van der Waals surface area contributed by atoms with Crippen LogP contribution in [0, 0.1) is 0 Å². The SMILES string of the molecule is CCOC(=O)c1cc(C(=CC(=O)OC)c2cn3cc(C4CC4)ccc3n2)n[nH]1. The van der Waals surface area contributed by atoms with Crippen LogP contribution in [0.3, 0.4) is 0 Å². The van der Waals surface area contributed by atoms with Gasteiger partial charge in [0.2, 0.25) is 0 Å². The number of nitrogens with zero attached hydrogens (tertiary/aromatic N) is 3. The predicted molar refractivity (Wildman–Crippen MR) is 101 cm³/mol. The predicted octanol–water partition coefficient (Wildman–Crippen LogP) is 2.72. The Bertz CT molecular complexity index is 1080. The number of nitrogens with one attached hydrogen (secondary N) is 1. The van der Waals surface area contributed by atoms with Crippen molar-refractivity contribution in [3.05, 3.63) is 59.3 Å². The molecular weight excluding hydrogens is 360 g/mol. The van der Waals surface area contributed by atoms with Crippen molar-refractivity contribution in [1.82, 2.24) is 19.6 Å². The molecule has 0 aliphatic heterocycles. The number of methoxy groups -OCH3 is 1. The number of pyridine rings is 1. The summed E-state index contributed by atoms with van der Waals surface area (Å²) >= 11 is 0. The number of hydrogen-bond acceptors (Lipinski definition) is 6. The molecule has 0 amide bonds. The maximum Gasteiger partial charge on any atom is 0.356 e. The second kappa shape index (κ2) is 7.30. The number of ether oxygens (including phenoxy) is 2. The van der Waals surface area contributed by atoms with E-state index in [0.29, 0.717) is 22.9 Å². The highest BCUT2D eigenvalue weighted by Crippen LogP contribution is 2.40. The molecule has 0 bridgehead atoms. The van der Waals surface area contributed by atoms with Gasteiger partial charge in [-0.2, -0.15) is 5.10 Å². The van der Waals surface area contributed by atoms with E-state index in [1.807, 2.05) is 16.7 Å². The molecule has 0 aromatic carbocycles. The van der Waals surface area contributed by atoms with Crippen molar-refractivity contribution >= 4 is 23.2 Å². The molecule has 1 saturated carbocycles. The van der Waals surface area contributed by atoms with E-state index in [2.05, 4.69) is 27.4 Å². The van der Waals surface area contributed by atoms with Gasteiger partial charge in [0.05, 0.1) is 25.1 Å².